The topological polar surface area (TPSA) is 46.0 Å². The molecule has 0 aliphatic carbocycles. The van der Waals surface area contributed by atoms with Gasteiger partial charge in [0.15, 0.2) is 5.11 Å². The molecule has 0 atom stereocenters. The summed E-state index contributed by atoms with van der Waals surface area (Å²) in [4.78, 5) is 10.3. The van der Waals surface area contributed by atoms with Gasteiger partial charge >= 0.3 is 0 Å². The van der Waals surface area contributed by atoms with Gasteiger partial charge in [0.2, 0.25) is 0 Å². The van der Waals surface area contributed by atoms with Crippen LogP contribution in [0.4, 0.5) is 5.69 Å². The summed E-state index contributed by atoms with van der Waals surface area (Å²) in [5.74, 6) is 0. The van der Waals surface area contributed by atoms with E-state index >= 15 is 0 Å². The standard InChI is InChI=1S/C20H22ClN5S/c1-16-3-4-18(21)19(13-16)24-20(27)26(14-17-5-7-22-8-6-17)11-2-10-25-12-9-23-15-25/h3-9,12-13,15H,2,10-11,14H2,1H3,(H,24,27). The molecule has 2 aromatic heterocycles. The number of imidazole rings is 1. The summed E-state index contributed by atoms with van der Waals surface area (Å²) in [5, 5.41) is 4.62. The number of benzene rings is 1. The normalized spacial score (nSPS) is 10.6. The predicted octanol–water partition coefficient (Wildman–Crippen LogP) is 4.53. The molecule has 0 aliphatic rings. The highest BCUT2D eigenvalue weighted by molar-refractivity contribution is 7.80. The number of thiocarbonyl (C=S) groups is 1. The number of halogens is 1. The van der Waals surface area contributed by atoms with Crippen LogP contribution in [0.25, 0.3) is 0 Å². The Bertz CT molecular complexity index is 867. The fourth-order valence-corrected chi connectivity index (χ4v) is 3.18. The van der Waals surface area contributed by atoms with Gasteiger partial charge in [-0.05, 0) is 61.0 Å². The van der Waals surface area contributed by atoms with Gasteiger partial charge in [0.05, 0.1) is 17.0 Å². The van der Waals surface area contributed by atoms with Crippen LogP contribution in [-0.4, -0.2) is 31.1 Å². The molecule has 5 nitrogen and oxygen atoms in total. The van der Waals surface area contributed by atoms with Gasteiger partial charge in [-0.1, -0.05) is 17.7 Å². The van der Waals surface area contributed by atoms with E-state index in [0.717, 1.165) is 36.3 Å². The average Bonchev–Trinajstić information content (AvgIpc) is 3.18. The van der Waals surface area contributed by atoms with Crippen molar-refractivity contribution in [3.8, 4) is 0 Å². The van der Waals surface area contributed by atoms with Crippen LogP contribution < -0.4 is 5.32 Å². The van der Waals surface area contributed by atoms with Crippen molar-refractivity contribution in [1.29, 1.82) is 0 Å². The number of rotatable bonds is 7. The summed E-state index contributed by atoms with van der Waals surface area (Å²) in [6.07, 6.45) is 10.1. The van der Waals surface area contributed by atoms with Gasteiger partial charge < -0.3 is 14.8 Å². The highest BCUT2D eigenvalue weighted by Crippen LogP contribution is 2.23. The van der Waals surface area contributed by atoms with Crippen LogP contribution in [-0.2, 0) is 13.1 Å². The molecule has 140 valence electrons. The molecule has 0 fully saturated rings. The van der Waals surface area contributed by atoms with E-state index in [1.54, 1.807) is 18.6 Å². The van der Waals surface area contributed by atoms with Gasteiger partial charge in [-0.3, -0.25) is 4.98 Å². The van der Waals surface area contributed by atoms with Crippen molar-refractivity contribution in [1.82, 2.24) is 19.4 Å². The van der Waals surface area contributed by atoms with Gasteiger partial charge in [0, 0.05) is 44.4 Å². The number of anilines is 1. The van der Waals surface area contributed by atoms with Crippen molar-refractivity contribution < 1.29 is 0 Å². The van der Waals surface area contributed by atoms with Crippen LogP contribution in [0.15, 0.2) is 61.4 Å². The molecule has 0 radical (unpaired) electrons. The number of aromatic nitrogens is 3. The zero-order valence-electron chi connectivity index (χ0n) is 15.2. The van der Waals surface area contributed by atoms with Crippen LogP contribution in [0, 0.1) is 6.92 Å². The summed E-state index contributed by atoms with van der Waals surface area (Å²) >= 11 is 12.0. The molecular weight excluding hydrogens is 378 g/mol. The first-order chi connectivity index (χ1) is 13.1. The van der Waals surface area contributed by atoms with Crippen molar-refractivity contribution in [2.45, 2.75) is 26.4 Å². The molecule has 0 bridgehead atoms. The third-order valence-corrected chi connectivity index (χ3v) is 4.87. The first-order valence-corrected chi connectivity index (χ1v) is 9.57. The minimum absolute atomic E-state index is 0.657. The lowest BCUT2D eigenvalue weighted by Crippen LogP contribution is -2.35. The molecule has 1 N–H and O–H groups in total. The van der Waals surface area contributed by atoms with Gasteiger partial charge in [-0.25, -0.2) is 4.98 Å². The highest BCUT2D eigenvalue weighted by Gasteiger charge is 2.12. The minimum atomic E-state index is 0.657. The molecule has 1 aromatic carbocycles. The maximum absolute atomic E-state index is 6.32. The van der Waals surface area contributed by atoms with Gasteiger partial charge in [0.1, 0.15) is 0 Å². The second-order valence-electron chi connectivity index (χ2n) is 6.34. The molecule has 7 heteroatoms. The molecular formula is C20H22ClN5S. The summed E-state index contributed by atoms with van der Waals surface area (Å²) in [6, 6.07) is 9.88. The SMILES string of the molecule is Cc1ccc(Cl)c(NC(=S)N(CCCn2ccnc2)Cc2ccncc2)c1. The molecule has 0 saturated heterocycles. The maximum Gasteiger partial charge on any atom is 0.173 e. The van der Waals surface area contributed by atoms with Crippen molar-refractivity contribution in [2.24, 2.45) is 0 Å². The lowest BCUT2D eigenvalue weighted by molar-refractivity contribution is 0.396. The van der Waals surface area contributed by atoms with E-state index in [1.165, 1.54) is 0 Å². The van der Waals surface area contributed by atoms with E-state index in [-0.39, 0.29) is 0 Å². The van der Waals surface area contributed by atoms with E-state index < -0.39 is 0 Å². The first kappa shape index (κ1) is 19.3. The van der Waals surface area contributed by atoms with Crippen LogP contribution in [0.5, 0.6) is 0 Å². The lowest BCUT2D eigenvalue weighted by atomic mass is 10.2. The Morgan fingerprint density at radius 3 is 2.74 bits per heavy atom. The molecule has 3 aromatic rings. The average molecular weight is 400 g/mol. The minimum Gasteiger partial charge on any atom is -0.345 e. The lowest BCUT2D eigenvalue weighted by Gasteiger charge is -2.26. The summed E-state index contributed by atoms with van der Waals surface area (Å²) in [5.41, 5.74) is 3.12. The molecule has 2 heterocycles. The Labute approximate surface area is 170 Å². The van der Waals surface area contributed by atoms with Gasteiger partial charge in [0.25, 0.3) is 0 Å². The third kappa shape index (κ3) is 5.77. The predicted molar refractivity (Wildman–Crippen MR) is 114 cm³/mol. The molecule has 0 saturated carbocycles. The molecule has 3 rings (SSSR count). The Hall–Kier alpha value is -2.44. The van der Waals surface area contributed by atoms with E-state index in [4.69, 9.17) is 23.8 Å². The number of pyridine rings is 1. The fraction of sp³-hybridized carbons (Fsp3) is 0.250. The maximum atomic E-state index is 6.32. The van der Waals surface area contributed by atoms with E-state index in [2.05, 4.69) is 24.8 Å². The fourth-order valence-electron chi connectivity index (χ4n) is 2.75. The monoisotopic (exact) mass is 399 g/mol. The van der Waals surface area contributed by atoms with Crippen LogP contribution >= 0.6 is 23.8 Å². The second-order valence-corrected chi connectivity index (χ2v) is 7.14. The number of nitrogens with zero attached hydrogens (tertiary/aromatic N) is 4. The van der Waals surface area contributed by atoms with E-state index in [9.17, 15) is 0 Å². The number of hydrogen-bond donors (Lipinski definition) is 1. The Balaban J connectivity index is 1.69. The van der Waals surface area contributed by atoms with Gasteiger partial charge in [-0.15, -0.1) is 0 Å². The van der Waals surface area contributed by atoms with Crippen LogP contribution in [0.3, 0.4) is 0 Å². The number of nitrogens with one attached hydrogen (secondary N) is 1. The summed E-state index contributed by atoms with van der Waals surface area (Å²) in [6.45, 7) is 4.45. The van der Waals surface area contributed by atoms with Gasteiger partial charge in [-0.2, -0.15) is 0 Å². The number of aryl methyl sites for hydroxylation is 2. The van der Waals surface area contributed by atoms with Crippen LogP contribution in [0.2, 0.25) is 5.02 Å². The molecule has 0 unspecified atom stereocenters. The zero-order chi connectivity index (χ0) is 19.1. The van der Waals surface area contributed by atoms with E-state index in [0.29, 0.717) is 16.7 Å². The largest absolute Gasteiger partial charge is 0.345 e. The summed E-state index contributed by atoms with van der Waals surface area (Å²) < 4.78 is 2.07. The second kappa shape index (κ2) is 9.48. The Kier molecular flexibility index (Phi) is 6.79. The third-order valence-electron chi connectivity index (χ3n) is 4.18. The van der Waals surface area contributed by atoms with Crippen molar-refractivity contribution in [3.05, 3.63) is 77.6 Å². The van der Waals surface area contributed by atoms with Crippen molar-refractivity contribution in [3.63, 3.8) is 0 Å². The highest BCUT2D eigenvalue weighted by atomic mass is 35.5. The molecule has 0 aliphatic heterocycles. The van der Waals surface area contributed by atoms with Crippen molar-refractivity contribution in [2.75, 3.05) is 11.9 Å². The summed E-state index contributed by atoms with van der Waals surface area (Å²) in [7, 11) is 0. The Morgan fingerprint density at radius 1 is 1.19 bits per heavy atom. The van der Waals surface area contributed by atoms with Crippen LogP contribution in [0.1, 0.15) is 17.5 Å². The quantitative estimate of drug-likeness (QED) is 0.591. The van der Waals surface area contributed by atoms with E-state index in [1.807, 2.05) is 49.8 Å². The first-order valence-electron chi connectivity index (χ1n) is 8.78. The molecule has 0 spiro atoms. The zero-order valence-corrected chi connectivity index (χ0v) is 16.7. The number of hydrogen-bond acceptors (Lipinski definition) is 3. The molecule has 27 heavy (non-hydrogen) atoms. The Morgan fingerprint density at radius 2 is 2.00 bits per heavy atom. The van der Waals surface area contributed by atoms with Crippen molar-refractivity contribution >= 4 is 34.6 Å². The molecule has 0 amide bonds. The smallest absolute Gasteiger partial charge is 0.173 e.